The SMILES string of the molecule is CCCCOc1nc(CC(=O)OCC)c([N+](=O)[O-])c(N(Cc2ccc(OC)cc2)Cc2ccc(OC)cc2)n1. The molecule has 0 unspecified atom stereocenters. The maximum absolute atomic E-state index is 12.4. The molecule has 208 valence electrons. The summed E-state index contributed by atoms with van der Waals surface area (Å²) in [6.45, 7) is 4.73. The largest absolute Gasteiger partial charge is 0.497 e. The summed E-state index contributed by atoms with van der Waals surface area (Å²) in [5, 5.41) is 12.4. The Kier molecular flexibility index (Phi) is 10.8. The standard InChI is InChI=1S/C28H34N4O7/c1-5-7-16-39-28-29-24(17-25(33)38-6-2)26(32(34)35)27(30-28)31(18-20-8-12-22(36-3)13-9-20)19-21-10-14-23(37-4)15-11-21/h8-15H,5-7,16-19H2,1-4H3. The molecule has 1 heterocycles. The van der Waals surface area contributed by atoms with E-state index >= 15 is 0 Å². The third-order valence-electron chi connectivity index (χ3n) is 5.81. The zero-order valence-electron chi connectivity index (χ0n) is 22.7. The Balaban J connectivity index is 2.13. The summed E-state index contributed by atoms with van der Waals surface area (Å²) in [6, 6.07) is 14.8. The first-order valence-corrected chi connectivity index (χ1v) is 12.7. The second-order valence-corrected chi connectivity index (χ2v) is 8.62. The molecule has 11 heteroatoms. The molecule has 0 aliphatic rings. The Hall–Kier alpha value is -4.41. The summed E-state index contributed by atoms with van der Waals surface area (Å²) in [4.78, 5) is 34.7. The van der Waals surface area contributed by atoms with Crippen molar-refractivity contribution in [2.75, 3.05) is 32.3 Å². The normalized spacial score (nSPS) is 10.6. The highest BCUT2D eigenvalue weighted by molar-refractivity contribution is 5.75. The first-order chi connectivity index (χ1) is 18.9. The molecular formula is C28H34N4O7. The lowest BCUT2D eigenvalue weighted by Gasteiger charge is -2.25. The number of methoxy groups -OCH3 is 2. The van der Waals surface area contributed by atoms with E-state index in [0.717, 1.165) is 24.0 Å². The average molecular weight is 539 g/mol. The Morgan fingerprint density at radius 1 is 0.923 bits per heavy atom. The van der Waals surface area contributed by atoms with Gasteiger partial charge in [-0.1, -0.05) is 37.6 Å². The van der Waals surface area contributed by atoms with Crippen LogP contribution in [0.1, 0.15) is 43.5 Å². The summed E-state index contributed by atoms with van der Waals surface area (Å²) in [5.74, 6) is 0.808. The van der Waals surface area contributed by atoms with Gasteiger partial charge in [0.2, 0.25) is 5.82 Å². The third kappa shape index (κ3) is 8.29. The molecule has 0 bridgehead atoms. The van der Waals surface area contributed by atoms with Gasteiger partial charge in [0.05, 0.1) is 38.8 Å². The van der Waals surface area contributed by atoms with Gasteiger partial charge in [0.25, 0.3) is 0 Å². The number of benzene rings is 2. The van der Waals surface area contributed by atoms with Gasteiger partial charge in [-0.2, -0.15) is 9.97 Å². The van der Waals surface area contributed by atoms with E-state index in [1.54, 1.807) is 26.0 Å². The fraction of sp³-hybridized carbons (Fsp3) is 0.393. The van der Waals surface area contributed by atoms with E-state index in [4.69, 9.17) is 18.9 Å². The number of anilines is 1. The summed E-state index contributed by atoms with van der Waals surface area (Å²) in [7, 11) is 3.17. The van der Waals surface area contributed by atoms with Gasteiger partial charge in [-0.15, -0.1) is 0 Å². The summed E-state index contributed by atoms with van der Waals surface area (Å²) < 4.78 is 21.3. The van der Waals surface area contributed by atoms with E-state index in [0.29, 0.717) is 18.1 Å². The quantitative estimate of drug-likeness (QED) is 0.114. The van der Waals surface area contributed by atoms with E-state index in [1.165, 1.54) is 0 Å². The molecule has 11 nitrogen and oxygen atoms in total. The molecule has 2 aromatic carbocycles. The number of carbonyl (C=O) groups is 1. The molecule has 0 spiro atoms. The van der Waals surface area contributed by atoms with Crippen molar-refractivity contribution in [1.29, 1.82) is 0 Å². The number of unbranched alkanes of at least 4 members (excludes halogenated alkanes) is 1. The van der Waals surface area contributed by atoms with Crippen molar-refractivity contribution in [3.63, 3.8) is 0 Å². The van der Waals surface area contributed by atoms with Crippen LogP contribution in [-0.4, -0.2) is 48.3 Å². The number of ether oxygens (including phenoxy) is 4. The number of esters is 1. The van der Waals surface area contributed by atoms with Crippen molar-refractivity contribution in [2.24, 2.45) is 0 Å². The number of hydrogen-bond donors (Lipinski definition) is 0. The molecule has 0 saturated heterocycles. The summed E-state index contributed by atoms with van der Waals surface area (Å²) in [6.07, 6.45) is 1.25. The Morgan fingerprint density at radius 2 is 1.49 bits per heavy atom. The Labute approximate surface area is 227 Å². The Bertz CT molecular complexity index is 1180. The minimum absolute atomic E-state index is 0.0298. The molecule has 0 saturated carbocycles. The van der Waals surface area contributed by atoms with Crippen LogP contribution in [0.25, 0.3) is 0 Å². The molecule has 1 aromatic heterocycles. The first-order valence-electron chi connectivity index (χ1n) is 12.7. The van der Waals surface area contributed by atoms with Gasteiger partial charge < -0.3 is 23.8 Å². The Morgan fingerprint density at radius 3 is 1.95 bits per heavy atom. The highest BCUT2D eigenvalue weighted by Crippen LogP contribution is 2.34. The number of nitro groups is 1. The van der Waals surface area contributed by atoms with Crippen LogP contribution in [0.2, 0.25) is 0 Å². The molecule has 3 aromatic rings. The molecule has 0 N–H and O–H groups in total. The lowest BCUT2D eigenvalue weighted by atomic mass is 10.1. The predicted molar refractivity (Wildman–Crippen MR) is 145 cm³/mol. The van der Waals surface area contributed by atoms with Gasteiger partial charge >= 0.3 is 17.7 Å². The molecule has 0 aliphatic heterocycles. The van der Waals surface area contributed by atoms with E-state index in [-0.39, 0.29) is 49.3 Å². The predicted octanol–water partition coefficient (Wildman–Crippen LogP) is 4.89. The van der Waals surface area contributed by atoms with Crippen molar-refractivity contribution in [2.45, 2.75) is 46.2 Å². The maximum Gasteiger partial charge on any atom is 0.333 e. The van der Waals surface area contributed by atoms with Gasteiger partial charge in [0.15, 0.2) is 0 Å². The van der Waals surface area contributed by atoms with Gasteiger partial charge in [0, 0.05) is 13.1 Å². The van der Waals surface area contributed by atoms with Crippen LogP contribution in [0.15, 0.2) is 48.5 Å². The van der Waals surface area contributed by atoms with Crippen molar-refractivity contribution in [3.05, 3.63) is 75.5 Å². The van der Waals surface area contributed by atoms with Gasteiger partial charge in [-0.25, -0.2) is 0 Å². The lowest BCUT2D eigenvalue weighted by molar-refractivity contribution is -0.385. The van der Waals surface area contributed by atoms with E-state index in [9.17, 15) is 14.9 Å². The van der Waals surface area contributed by atoms with Crippen molar-refractivity contribution in [1.82, 2.24) is 9.97 Å². The van der Waals surface area contributed by atoms with Gasteiger partial charge in [-0.3, -0.25) is 14.9 Å². The maximum atomic E-state index is 12.4. The fourth-order valence-electron chi connectivity index (χ4n) is 3.83. The number of aromatic nitrogens is 2. The first kappa shape index (κ1) is 29.2. The average Bonchev–Trinajstić information content (AvgIpc) is 2.93. The van der Waals surface area contributed by atoms with Gasteiger partial charge in [-0.05, 0) is 48.7 Å². The summed E-state index contributed by atoms with van der Waals surface area (Å²) >= 11 is 0. The van der Waals surface area contributed by atoms with Crippen LogP contribution in [-0.2, 0) is 29.0 Å². The number of nitrogens with zero attached hydrogens (tertiary/aromatic N) is 4. The van der Waals surface area contributed by atoms with Crippen LogP contribution < -0.4 is 19.1 Å². The zero-order valence-corrected chi connectivity index (χ0v) is 22.7. The molecule has 0 fully saturated rings. The molecule has 0 radical (unpaired) electrons. The summed E-state index contributed by atoms with van der Waals surface area (Å²) in [5.41, 5.74) is 1.31. The van der Waals surface area contributed by atoms with Crippen LogP contribution in [0.3, 0.4) is 0 Å². The second kappa shape index (κ2) is 14.5. The topological polar surface area (TPSA) is 126 Å². The fourth-order valence-corrected chi connectivity index (χ4v) is 3.83. The van der Waals surface area contributed by atoms with Gasteiger partial charge in [0.1, 0.15) is 17.2 Å². The van der Waals surface area contributed by atoms with Crippen LogP contribution >= 0.6 is 0 Å². The van der Waals surface area contributed by atoms with Crippen LogP contribution in [0.4, 0.5) is 11.5 Å². The van der Waals surface area contributed by atoms with Crippen molar-refractivity contribution >= 4 is 17.5 Å². The van der Waals surface area contributed by atoms with E-state index in [1.807, 2.05) is 55.5 Å². The van der Waals surface area contributed by atoms with Crippen LogP contribution in [0, 0.1) is 10.1 Å². The van der Waals surface area contributed by atoms with E-state index < -0.39 is 10.9 Å². The number of carbonyl (C=O) groups excluding carboxylic acids is 1. The third-order valence-corrected chi connectivity index (χ3v) is 5.81. The van der Waals surface area contributed by atoms with Crippen molar-refractivity contribution < 1.29 is 28.7 Å². The number of hydrogen-bond acceptors (Lipinski definition) is 10. The number of rotatable bonds is 15. The monoisotopic (exact) mass is 538 g/mol. The highest BCUT2D eigenvalue weighted by atomic mass is 16.6. The van der Waals surface area contributed by atoms with E-state index in [2.05, 4.69) is 9.97 Å². The van der Waals surface area contributed by atoms with Crippen molar-refractivity contribution in [3.8, 4) is 17.5 Å². The lowest BCUT2D eigenvalue weighted by Crippen LogP contribution is -2.26. The molecule has 39 heavy (non-hydrogen) atoms. The molecule has 0 aliphatic carbocycles. The zero-order chi connectivity index (χ0) is 28.2. The molecule has 0 amide bonds. The highest BCUT2D eigenvalue weighted by Gasteiger charge is 2.31. The molecule has 3 rings (SSSR count). The minimum Gasteiger partial charge on any atom is -0.497 e. The van der Waals surface area contributed by atoms with Crippen LogP contribution in [0.5, 0.6) is 17.5 Å². The smallest absolute Gasteiger partial charge is 0.333 e. The minimum atomic E-state index is -0.624. The second-order valence-electron chi connectivity index (χ2n) is 8.62. The molecular weight excluding hydrogens is 504 g/mol. The molecule has 0 atom stereocenters.